The van der Waals surface area contributed by atoms with Crippen molar-refractivity contribution in [2.24, 2.45) is 5.73 Å². The maximum atomic E-state index is 5.47. The van der Waals surface area contributed by atoms with Crippen molar-refractivity contribution in [3.05, 3.63) is 36.4 Å². The van der Waals surface area contributed by atoms with Crippen LogP contribution in [0.15, 0.2) is 36.4 Å². The minimum Gasteiger partial charge on any atom is -0.327 e. The van der Waals surface area contributed by atoms with E-state index < -0.39 is 0 Å². The first-order valence-electron chi connectivity index (χ1n) is 4.69. The molecular formula is C12H18N2. The molecule has 2 rings (SSSR count). The summed E-state index contributed by atoms with van der Waals surface area (Å²) in [6.45, 7) is 2.13. The molecule has 0 radical (unpaired) electrons. The molecule has 1 heterocycles. The third-order valence-electron chi connectivity index (χ3n) is 1.77. The molecule has 0 bridgehead atoms. The normalized spacial score (nSPS) is 18.4. The lowest BCUT2D eigenvalue weighted by Gasteiger charge is -1.91. The summed E-state index contributed by atoms with van der Waals surface area (Å²) in [4.78, 5) is 0. The number of terminal acetylenes is 1. The van der Waals surface area contributed by atoms with Gasteiger partial charge in [-0.2, -0.15) is 0 Å². The third kappa shape index (κ3) is 7.35. The molecule has 2 heteroatoms. The summed E-state index contributed by atoms with van der Waals surface area (Å²) < 4.78 is 0. The Morgan fingerprint density at radius 1 is 1.00 bits per heavy atom. The van der Waals surface area contributed by atoms with E-state index in [9.17, 15) is 0 Å². The zero-order valence-electron chi connectivity index (χ0n) is 8.39. The fourth-order valence-electron chi connectivity index (χ4n) is 1.06. The SMILES string of the molecule is C#C.N[C@H]1CCNC1.c1ccccc1. The van der Waals surface area contributed by atoms with E-state index in [1.165, 1.54) is 0 Å². The number of nitrogens with two attached hydrogens (primary N) is 1. The number of nitrogens with one attached hydrogen (secondary N) is 1. The van der Waals surface area contributed by atoms with Gasteiger partial charge in [0.2, 0.25) is 0 Å². The molecule has 1 aliphatic rings. The Balaban J connectivity index is 0.000000206. The minimum absolute atomic E-state index is 0.435. The van der Waals surface area contributed by atoms with Crippen LogP contribution in [0.2, 0.25) is 0 Å². The van der Waals surface area contributed by atoms with E-state index in [1.807, 2.05) is 36.4 Å². The Morgan fingerprint density at radius 2 is 1.43 bits per heavy atom. The lowest BCUT2D eigenvalue weighted by atomic mass is 10.3. The van der Waals surface area contributed by atoms with E-state index in [4.69, 9.17) is 5.73 Å². The lowest BCUT2D eigenvalue weighted by Crippen LogP contribution is -2.21. The highest BCUT2D eigenvalue weighted by atomic mass is 14.9. The quantitative estimate of drug-likeness (QED) is 0.604. The first kappa shape index (κ1) is 12.7. The molecule has 76 valence electrons. The van der Waals surface area contributed by atoms with Crippen LogP contribution in [0, 0.1) is 12.8 Å². The molecule has 0 aliphatic carbocycles. The highest BCUT2D eigenvalue weighted by molar-refractivity contribution is 4.99. The highest BCUT2D eigenvalue weighted by Crippen LogP contribution is 1.90. The summed E-state index contributed by atoms with van der Waals surface area (Å²) in [6.07, 6.45) is 9.15. The number of rotatable bonds is 0. The van der Waals surface area contributed by atoms with Crippen molar-refractivity contribution in [3.8, 4) is 12.8 Å². The molecule has 14 heavy (non-hydrogen) atoms. The van der Waals surface area contributed by atoms with E-state index in [2.05, 4.69) is 18.2 Å². The van der Waals surface area contributed by atoms with E-state index in [0.29, 0.717) is 6.04 Å². The molecule has 1 aliphatic heterocycles. The molecule has 0 aromatic heterocycles. The first-order chi connectivity index (χ1) is 6.89. The van der Waals surface area contributed by atoms with Gasteiger partial charge in [0.25, 0.3) is 0 Å². The van der Waals surface area contributed by atoms with Crippen LogP contribution in [0.4, 0.5) is 0 Å². The second kappa shape index (κ2) is 9.79. The van der Waals surface area contributed by atoms with Gasteiger partial charge in [0.1, 0.15) is 0 Å². The van der Waals surface area contributed by atoms with Gasteiger partial charge in [0, 0.05) is 12.6 Å². The van der Waals surface area contributed by atoms with Crippen LogP contribution >= 0.6 is 0 Å². The topological polar surface area (TPSA) is 38.0 Å². The van der Waals surface area contributed by atoms with Crippen molar-refractivity contribution in [2.45, 2.75) is 12.5 Å². The lowest BCUT2D eigenvalue weighted by molar-refractivity contribution is 0.742. The van der Waals surface area contributed by atoms with Crippen molar-refractivity contribution in [3.63, 3.8) is 0 Å². The fraction of sp³-hybridized carbons (Fsp3) is 0.333. The molecule has 2 nitrogen and oxygen atoms in total. The standard InChI is InChI=1S/C6H6.C4H10N2.C2H2/c1-2-4-6-5-3-1;5-4-1-2-6-3-4;1-2/h1-6H;4,6H,1-3,5H2;1-2H/t;4-;/m.0./s1. The van der Waals surface area contributed by atoms with E-state index >= 15 is 0 Å². The highest BCUT2D eigenvalue weighted by Gasteiger charge is 2.06. The molecule has 1 aromatic rings. The van der Waals surface area contributed by atoms with Crippen molar-refractivity contribution >= 4 is 0 Å². The smallest absolute Gasteiger partial charge is 0.0177 e. The minimum atomic E-state index is 0.435. The maximum absolute atomic E-state index is 5.47. The fourth-order valence-corrected chi connectivity index (χ4v) is 1.06. The molecule has 0 unspecified atom stereocenters. The number of hydrogen-bond donors (Lipinski definition) is 2. The summed E-state index contributed by atoms with van der Waals surface area (Å²) in [5, 5.41) is 3.15. The second-order valence-electron chi connectivity index (χ2n) is 2.91. The van der Waals surface area contributed by atoms with Gasteiger partial charge in [0.05, 0.1) is 0 Å². The second-order valence-corrected chi connectivity index (χ2v) is 2.91. The molecule has 3 N–H and O–H groups in total. The molecule has 0 spiro atoms. The van der Waals surface area contributed by atoms with E-state index in [-0.39, 0.29) is 0 Å². The Morgan fingerprint density at radius 3 is 1.57 bits per heavy atom. The summed E-state index contributed by atoms with van der Waals surface area (Å²) in [6, 6.07) is 12.4. The Bertz CT molecular complexity index is 186. The molecule has 1 saturated heterocycles. The molecule has 1 aromatic carbocycles. The summed E-state index contributed by atoms with van der Waals surface area (Å²) >= 11 is 0. The van der Waals surface area contributed by atoms with Crippen LogP contribution in [0.5, 0.6) is 0 Å². The van der Waals surface area contributed by atoms with Crippen LogP contribution in [0.3, 0.4) is 0 Å². The largest absolute Gasteiger partial charge is 0.327 e. The summed E-state index contributed by atoms with van der Waals surface area (Å²) in [5.41, 5.74) is 5.47. The van der Waals surface area contributed by atoms with Gasteiger partial charge in [-0.05, 0) is 13.0 Å². The van der Waals surface area contributed by atoms with Gasteiger partial charge >= 0.3 is 0 Å². The van der Waals surface area contributed by atoms with Crippen molar-refractivity contribution in [1.82, 2.24) is 5.32 Å². The number of hydrogen-bond acceptors (Lipinski definition) is 2. The maximum Gasteiger partial charge on any atom is 0.0177 e. The van der Waals surface area contributed by atoms with Gasteiger partial charge in [0.15, 0.2) is 0 Å². The molecule has 1 atom stereocenters. The average Bonchev–Trinajstić information content (AvgIpc) is 2.76. The van der Waals surface area contributed by atoms with Crippen LogP contribution in [-0.2, 0) is 0 Å². The van der Waals surface area contributed by atoms with Crippen molar-refractivity contribution < 1.29 is 0 Å². The predicted molar refractivity (Wildman–Crippen MR) is 61.8 cm³/mol. The van der Waals surface area contributed by atoms with E-state index in [0.717, 1.165) is 19.5 Å². The molecule has 1 fully saturated rings. The zero-order valence-corrected chi connectivity index (χ0v) is 8.39. The van der Waals surface area contributed by atoms with Crippen LogP contribution in [0.1, 0.15) is 6.42 Å². The van der Waals surface area contributed by atoms with Crippen LogP contribution in [0.25, 0.3) is 0 Å². The molecule has 0 amide bonds. The van der Waals surface area contributed by atoms with E-state index in [1.54, 1.807) is 0 Å². The van der Waals surface area contributed by atoms with Crippen molar-refractivity contribution in [1.29, 1.82) is 0 Å². The van der Waals surface area contributed by atoms with Crippen molar-refractivity contribution in [2.75, 3.05) is 13.1 Å². The van der Waals surface area contributed by atoms with Gasteiger partial charge < -0.3 is 11.1 Å². The average molecular weight is 190 g/mol. The number of benzene rings is 1. The Labute approximate surface area is 86.5 Å². The summed E-state index contributed by atoms with van der Waals surface area (Å²) in [5.74, 6) is 0. The van der Waals surface area contributed by atoms with Crippen LogP contribution < -0.4 is 11.1 Å². The van der Waals surface area contributed by atoms with Gasteiger partial charge in [-0.1, -0.05) is 36.4 Å². The van der Waals surface area contributed by atoms with Gasteiger partial charge in [-0.25, -0.2) is 0 Å². The zero-order chi connectivity index (χ0) is 10.6. The van der Waals surface area contributed by atoms with Crippen LogP contribution in [-0.4, -0.2) is 19.1 Å². The molecular weight excluding hydrogens is 172 g/mol. The predicted octanol–water partition coefficient (Wildman–Crippen LogP) is 1.24. The first-order valence-corrected chi connectivity index (χ1v) is 4.69. The Hall–Kier alpha value is -1.30. The monoisotopic (exact) mass is 190 g/mol. The van der Waals surface area contributed by atoms with Gasteiger partial charge in [-0.15, -0.1) is 12.8 Å². The van der Waals surface area contributed by atoms with Gasteiger partial charge in [-0.3, -0.25) is 0 Å². The Kier molecular flexibility index (Phi) is 8.88. The third-order valence-corrected chi connectivity index (χ3v) is 1.77. The molecule has 0 saturated carbocycles. The summed E-state index contributed by atoms with van der Waals surface area (Å²) in [7, 11) is 0.